The number of ether oxygens (including phenoxy) is 1. The highest BCUT2D eigenvalue weighted by Crippen LogP contribution is 2.11. The van der Waals surface area contributed by atoms with E-state index in [1.165, 1.54) is 0 Å². The molecule has 0 saturated heterocycles. The molecule has 2 nitrogen and oxygen atoms in total. The van der Waals surface area contributed by atoms with Crippen LogP contribution in [0.1, 0.15) is 5.56 Å². The molecule has 2 N–H and O–H groups in total. The summed E-state index contributed by atoms with van der Waals surface area (Å²) in [6, 6.07) is 10.1. The predicted molar refractivity (Wildman–Crippen MR) is 61.8 cm³/mol. The van der Waals surface area contributed by atoms with Crippen LogP contribution < -0.4 is 5.73 Å². The van der Waals surface area contributed by atoms with Crippen LogP contribution in [0, 0.1) is 0 Å². The van der Waals surface area contributed by atoms with Gasteiger partial charge in [0.25, 0.3) is 0 Å². The zero-order valence-electron chi connectivity index (χ0n) is 8.34. The molecular weight excluding hydrogens is 186 g/mol. The number of allylic oxidation sites excluding steroid dienone is 2. The Morgan fingerprint density at radius 3 is 2.73 bits per heavy atom. The normalized spacial score (nSPS) is 20.0. The van der Waals surface area contributed by atoms with E-state index in [9.17, 15) is 0 Å². The van der Waals surface area contributed by atoms with E-state index in [1.807, 2.05) is 48.6 Å². The summed E-state index contributed by atoms with van der Waals surface area (Å²) < 4.78 is 5.35. The lowest BCUT2D eigenvalue weighted by atomic mass is 10.1. The molecule has 0 fully saturated rings. The first-order valence-electron chi connectivity index (χ1n) is 4.87. The molecule has 1 atom stereocenters. The maximum absolute atomic E-state index is 5.78. The molecule has 1 aliphatic rings. The van der Waals surface area contributed by atoms with Crippen molar-refractivity contribution in [2.24, 2.45) is 5.73 Å². The summed E-state index contributed by atoms with van der Waals surface area (Å²) >= 11 is 0. The standard InChI is InChI=1S/C13H13NO/c14-12-7-4-10-15-13(12)9-8-11-5-2-1-3-6-11/h1-10,13H,14H2. The quantitative estimate of drug-likeness (QED) is 0.794. The Hall–Kier alpha value is -1.96. The van der Waals surface area contributed by atoms with Crippen molar-refractivity contribution in [3.63, 3.8) is 0 Å². The number of nitrogens with two attached hydrogens (primary N) is 1. The topological polar surface area (TPSA) is 35.2 Å². The van der Waals surface area contributed by atoms with Crippen LogP contribution in [0.25, 0.3) is 6.08 Å². The van der Waals surface area contributed by atoms with E-state index in [2.05, 4.69) is 0 Å². The predicted octanol–water partition coefficient (Wildman–Crippen LogP) is 2.45. The fourth-order valence-corrected chi connectivity index (χ4v) is 1.37. The lowest BCUT2D eigenvalue weighted by Gasteiger charge is -2.15. The number of hydrogen-bond acceptors (Lipinski definition) is 2. The van der Waals surface area contributed by atoms with E-state index in [1.54, 1.807) is 12.3 Å². The van der Waals surface area contributed by atoms with E-state index in [0.29, 0.717) is 0 Å². The van der Waals surface area contributed by atoms with E-state index < -0.39 is 0 Å². The van der Waals surface area contributed by atoms with Crippen LogP contribution in [-0.4, -0.2) is 6.10 Å². The van der Waals surface area contributed by atoms with Crippen molar-refractivity contribution in [1.29, 1.82) is 0 Å². The molecule has 76 valence electrons. The summed E-state index contributed by atoms with van der Waals surface area (Å²) in [6.07, 6.45) is 9.10. The Balaban J connectivity index is 2.06. The van der Waals surface area contributed by atoms with Crippen molar-refractivity contribution < 1.29 is 4.74 Å². The van der Waals surface area contributed by atoms with Crippen LogP contribution in [0.5, 0.6) is 0 Å². The van der Waals surface area contributed by atoms with Gasteiger partial charge in [0.1, 0.15) is 0 Å². The minimum atomic E-state index is -0.143. The average Bonchev–Trinajstić information content (AvgIpc) is 2.29. The first-order chi connectivity index (χ1) is 7.36. The monoisotopic (exact) mass is 199 g/mol. The number of rotatable bonds is 2. The van der Waals surface area contributed by atoms with E-state index in [4.69, 9.17) is 10.5 Å². The maximum atomic E-state index is 5.78. The fourth-order valence-electron chi connectivity index (χ4n) is 1.37. The molecule has 0 bridgehead atoms. The van der Waals surface area contributed by atoms with Gasteiger partial charge in [0.15, 0.2) is 6.10 Å². The summed E-state index contributed by atoms with van der Waals surface area (Å²) in [5.74, 6) is 0. The lowest BCUT2D eigenvalue weighted by Crippen LogP contribution is -2.18. The first-order valence-corrected chi connectivity index (χ1v) is 4.87. The van der Waals surface area contributed by atoms with Gasteiger partial charge in [-0.15, -0.1) is 0 Å². The Labute approximate surface area is 89.4 Å². The van der Waals surface area contributed by atoms with Crippen molar-refractivity contribution in [2.75, 3.05) is 0 Å². The van der Waals surface area contributed by atoms with Gasteiger partial charge in [-0.25, -0.2) is 0 Å². The second kappa shape index (κ2) is 4.51. The van der Waals surface area contributed by atoms with Gasteiger partial charge in [-0.3, -0.25) is 0 Å². The van der Waals surface area contributed by atoms with Gasteiger partial charge < -0.3 is 10.5 Å². The van der Waals surface area contributed by atoms with Crippen LogP contribution in [0.4, 0.5) is 0 Å². The Bertz CT molecular complexity index is 404. The molecule has 2 heteroatoms. The van der Waals surface area contributed by atoms with Gasteiger partial charge in [-0.2, -0.15) is 0 Å². The van der Waals surface area contributed by atoms with Gasteiger partial charge in [0.05, 0.1) is 12.0 Å². The van der Waals surface area contributed by atoms with Gasteiger partial charge in [-0.05, 0) is 23.8 Å². The second-order valence-electron chi connectivity index (χ2n) is 3.32. The molecular formula is C13H13NO. The summed E-state index contributed by atoms with van der Waals surface area (Å²) in [6.45, 7) is 0. The zero-order chi connectivity index (χ0) is 10.5. The highest BCUT2D eigenvalue weighted by atomic mass is 16.5. The summed E-state index contributed by atoms with van der Waals surface area (Å²) in [5.41, 5.74) is 7.65. The van der Waals surface area contributed by atoms with Gasteiger partial charge >= 0.3 is 0 Å². The van der Waals surface area contributed by atoms with Crippen LogP contribution >= 0.6 is 0 Å². The molecule has 0 spiro atoms. The third-order valence-corrected chi connectivity index (χ3v) is 2.18. The minimum Gasteiger partial charge on any atom is -0.488 e. The molecule has 1 aliphatic heterocycles. The molecule has 0 aliphatic carbocycles. The second-order valence-corrected chi connectivity index (χ2v) is 3.32. The van der Waals surface area contributed by atoms with Gasteiger partial charge in [0.2, 0.25) is 0 Å². The van der Waals surface area contributed by atoms with Crippen LogP contribution in [0.15, 0.2) is 60.5 Å². The highest BCUT2D eigenvalue weighted by molar-refractivity contribution is 5.50. The Morgan fingerprint density at radius 1 is 1.20 bits per heavy atom. The van der Waals surface area contributed by atoms with Crippen LogP contribution in [0.3, 0.4) is 0 Å². The largest absolute Gasteiger partial charge is 0.488 e. The van der Waals surface area contributed by atoms with Crippen molar-refractivity contribution in [3.05, 3.63) is 66.1 Å². The molecule has 1 heterocycles. The summed E-state index contributed by atoms with van der Waals surface area (Å²) in [5, 5.41) is 0. The van der Waals surface area contributed by atoms with Crippen LogP contribution in [-0.2, 0) is 4.74 Å². The molecule has 0 aromatic heterocycles. The van der Waals surface area contributed by atoms with Crippen molar-refractivity contribution in [3.8, 4) is 0 Å². The fraction of sp³-hybridized carbons (Fsp3) is 0.0769. The molecule has 2 rings (SSSR count). The Morgan fingerprint density at radius 2 is 2.00 bits per heavy atom. The third-order valence-electron chi connectivity index (χ3n) is 2.18. The SMILES string of the molecule is NC1=CC=COC1C=Cc1ccccc1. The highest BCUT2D eigenvalue weighted by Gasteiger charge is 2.08. The summed E-state index contributed by atoms with van der Waals surface area (Å²) in [4.78, 5) is 0. The van der Waals surface area contributed by atoms with Crippen LogP contribution in [0.2, 0.25) is 0 Å². The van der Waals surface area contributed by atoms with Crippen molar-refractivity contribution in [1.82, 2.24) is 0 Å². The van der Waals surface area contributed by atoms with Crippen molar-refractivity contribution >= 4 is 6.08 Å². The molecule has 0 saturated carbocycles. The van der Waals surface area contributed by atoms with E-state index in [0.717, 1.165) is 11.3 Å². The smallest absolute Gasteiger partial charge is 0.155 e. The average molecular weight is 199 g/mol. The van der Waals surface area contributed by atoms with E-state index in [-0.39, 0.29) is 6.10 Å². The van der Waals surface area contributed by atoms with Gasteiger partial charge in [0, 0.05) is 0 Å². The first kappa shape index (κ1) is 9.59. The number of hydrogen-bond donors (Lipinski definition) is 1. The lowest BCUT2D eigenvalue weighted by molar-refractivity contribution is 0.212. The van der Waals surface area contributed by atoms with E-state index >= 15 is 0 Å². The zero-order valence-corrected chi connectivity index (χ0v) is 8.34. The molecule has 1 unspecified atom stereocenters. The molecule has 1 aromatic carbocycles. The molecule has 0 radical (unpaired) electrons. The molecule has 1 aromatic rings. The van der Waals surface area contributed by atoms with Gasteiger partial charge in [-0.1, -0.05) is 36.4 Å². The Kier molecular flexibility index (Phi) is 2.88. The third kappa shape index (κ3) is 2.50. The molecule has 0 amide bonds. The molecule has 15 heavy (non-hydrogen) atoms. The number of benzene rings is 1. The van der Waals surface area contributed by atoms with Crippen molar-refractivity contribution in [2.45, 2.75) is 6.10 Å². The maximum Gasteiger partial charge on any atom is 0.155 e. The minimum absolute atomic E-state index is 0.143. The summed E-state index contributed by atoms with van der Waals surface area (Å²) in [7, 11) is 0.